The van der Waals surface area contributed by atoms with Gasteiger partial charge in [-0.1, -0.05) is 24.3 Å². The second-order valence-electron chi connectivity index (χ2n) is 7.38. The van der Waals surface area contributed by atoms with Gasteiger partial charge in [0.1, 0.15) is 23.6 Å². The van der Waals surface area contributed by atoms with E-state index in [1.165, 1.54) is 5.56 Å². The first-order valence-electron chi connectivity index (χ1n) is 8.26. The average molecular weight is 315 g/mol. The zero-order valence-corrected chi connectivity index (χ0v) is 13.1. The van der Waals surface area contributed by atoms with E-state index < -0.39 is 23.2 Å². The lowest BCUT2D eigenvalue weighted by atomic mass is 9.50. The molecule has 5 rings (SSSR count). The highest BCUT2D eigenvalue weighted by molar-refractivity contribution is 5.62. The molecule has 1 saturated heterocycles. The van der Waals surface area contributed by atoms with E-state index in [0.29, 0.717) is 5.75 Å². The molecule has 4 aliphatic rings. The topological polar surface area (TPSA) is 73.2 Å². The Balaban J connectivity index is 1.87. The molecule has 1 aromatic carbocycles. The van der Waals surface area contributed by atoms with Gasteiger partial charge in [-0.05, 0) is 32.0 Å². The fraction of sp³-hybridized carbons (Fsp3) is 0.556. The second-order valence-corrected chi connectivity index (χ2v) is 7.38. The van der Waals surface area contributed by atoms with Gasteiger partial charge in [0.25, 0.3) is 0 Å². The molecule has 0 saturated carbocycles. The Morgan fingerprint density at radius 1 is 1.39 bits per heavy atom. The summed E-state index contributed by atoms with van der Waals surface area (Å²) in [5.74, 6) is 0.680. The molecule has 3 N–H and O–H groups in total. The highest BCUT2D eigenvalue weighted by Gasteiger charge is 2.71. The molecule has 5 nitrogen and oxygen atoms in total. The largest absolute Gasteiger partial charge is 0.486 e. The summed E-state index contributed by atoms with van der Waals surface area (Å²) >= 11 is 0. The zero-order chi connectivity index (χ0) is 16.0. The summed E-state index contributed by atoms with van der Waals surface area (Å²) in [4.78, 5) is 2.21. The third kappa shape index (κ3) is 1.35. The molecule has 1 unspecified atom stereocenters. The van der Waals surface area contributed by atoms with Crippen molar-refractivity contribution in [1.82, 2.24) is 4.90 Å². The SMILES string of the molecule is CN1CC[C@]23c4c5ccc(CO)c4O[C@H]2[C@@H](O)C=C[C@@]3(O)C1C5. The number of likely N-dealkylation sites (N-methyl/N-ethyl adjacent to an activating group) is 1. The standard InChI is InChI=1S/C18H21NO4/c1-19-7-6-17-14-10-2-3-11(9-20)15(14)23-16(17)12(21)4-5-18(17,22)13(19)8-10/h2-5,12-13,16,20-22H,6-9H2,1H3/t12-,13?,16-,17-,18+/m0/s1. The van der Waals surface area contributed by atoms with Gasteiger partial charge in [0.2, 0.25) is 0 Å². The fourth-order valence-corrected chi connectivity index (χ4v) is 5.48. The number of hydrogen-bond donors (Lipinski definition) is 3. The number of ether oxygens (including phenoxy) is 1. The van der Waals surface area contributed by atoms with E-state index in [2.05, 4.69) is 4.90 Å². The molecule has 0 radical (unpaired) electrons. The van der Waals surface area contributed by atoms with Crippen LogP contribution in [0.15, 0.2) is 24.3 Å². The minimum Gasteiger partial charge on any atom is -0.486 e. The normalized spacial score (nSPS) is 43.2. The molecule has 1 spiro atoms. The van der Waals surface area contributed by atoms with Crippen LogP contribution in [-0.4, -0.2) is 57.7 Å². The molecule has 0 aromatic heterocycles. The maximum absolute atomic E-state index is 11.7. The van der Waals surface area contributed by atoms with Crippen LogP contribution in [0.3, 0.4) is 0 Å². The maximum Gasteiger partial charge on any atom is 0.141 e. The summed E-state index contributed by atoms with van der Waals surface area (Å²) in [6, 6.07) is 3.93. The van der Waals surface area contributed by atoms with Crippen LogP contribution in [0.4, 0.5) is 0 Å². The summed E-state index contributed by atoms with van der Waals surface area (Å²) < 4.78 is 6.17. The van der Waals surface area contributed by atoms with Gasteiger partial charge in [-0.15, -0.1) is 0 Å². The Kier molecular flexibility index (Phi) is 2.53. The van der Waals surface area contributed by atoms with Crippen LogP contribution in [0.1, 0.15) is 23.1 Å². The van der Waals surface area contributed by atoms with Crippen molar-refractivity contribution in [3.63, 3.8) is 0 Å². The monoisotopic (exact) mass is 315 g/mol. The first-order chi connectivity index (χ1) is 11.0. The third-order valence-corrected chi connectivity index (χ3v) is 6.56. The predicted octanol–water partition coefficient (Wildman–Crippen LogP) is 0.0997. The van der Waals surface area contributed by atoms with E-state index in [0.717, 1.165) is 30.5 Å². The van der Waals surface area contributed by atoms with Gasteiger partial charge in [0.05, 0.1) is 12.0 Å². The van der Waals surface area contributed by atoms with Crippen LogP contribution in [0.25, 0.3) is 0 Å². The molecule has 5 atom stereocenters. The van der Waals surface area contributed by atoms with Crippen molar-refractivity contribution in [2.24, 2.45) is 0 Å². The molecule has 2 aliphatic heterocycles. The summed E-state index contributed by atoms with van der Waals surface area (Å²) in [5.41, 5.74) is 1.26. The number of aliphatic hydroxyl groups is 3. The van der Waals surface area contributed by atoms with Crippen molar-refractivity contribution in [3.8, 4) is 5.75 Å². The van der Waals surface area contributed by atoms with Gasteiger partial charge in [-0.3, -0.25) is 4.90 Å². The summed E-state index contributed by atoms with van der Waals surface area (Å²) in [7, 11) is 2.05. The van der Waals surface area contributed by atoms with Gasteiger partial charge in [0.15, 0.2) is 0 Å². The van der Waals surface area contributed by atoms with Crippen molar-refractivity contribution in [2.75, 3.05) is 13.6 Å². The van der Waals surface area contributed by atoms with E-state index in [1.807, 2.05) is 19.2 Å². The smallest absolute Gasteiger partial charge is 0.141 e. The fourth-order valence-electron chi connectivity index (χ4n) is 5.48. The zero-order valence-electron chi connectivity index (χ0n) is 13.1. The molecule has 2 bridgehead atoms. The lowest BCUT2D eigenvalue weighted by Gasteiger charge is -2.61. The second kappa shape index (κ2) is 4.16. The van der Waals surface area contributed by atoms with Crippen LogP contribution in [0, 0.1) is 0 Å². The van der Waals surface area contributed by atoms with Crippen molar-refractivity contribution in [1.29, 1.82) is 0 Å². The molecule has 0 amide bonds. The number of aliphatic hydroxyl groups excluding tert-OH is 2. The Labute approximate surface area is 134 Å². The first-order valence-corrected chi connectivity index (χ1v) is 8.26. The van der Waals surface area contributed by atoms with Gasteiger partial charge in [-0.25, -0.2) is 0 Å². The van der Waals surface area contributed by atoms with Crippen molar-refractivity contribution in [3.05, 3.63) is 41.0 Å². The molecule has 2 heterocycles. The lowest BCUT2D eigenvalue weighted by Crippen LogP contribution is -2.75. The third-order valence-electron chi connectivity index (χ3n) is 6.56. The molecular formula is C18H21NO4. The number of nitrogens with zero attached hydrogens (tertiary/aromatic N) is 1. The minimum atomic E-state index is -1.05. The predicted molar refractivity (Wildman–Crippen MR) is 83.3 cm³/mol. The van der Waals surface area contributed by atoms with E-state index in [1.54, 1.807) is 12.2 Å². The van der Waals surface area contributed by atoms with Crippen molar-refractivity contribution < 1.29 is 20.1 Å². The van der Waals surface area contributed by atoms with Gasteiger partial charge >= 0.3 is 0 Å². The highest BCUT2D eigenvalue weighted by atomic mass is 16.5. The molecule has 1 fully saturated rings. The van der Waals surface area contributed by atoms with Crippen LogP contribution in [0.2, 0.25) is 0 Å². The summed E-state index contributed by atoms with van der Waals surface area (Å²) in [6.07, 6.45) is 3.71. The van der Waals surface area contributed by atoms with Crippen LogP contribution in [0.5, 0.6) is 5.75 Å². The highest BCUT2D eigenvalue weighted by Crippen LogP contribution is 2.62. The number of hydrogen-bond acceptors (Lipinski definition) is 5. The lowest BCUT2D eigenvalue weighted by molar-refractivity contribution is -0.151. The van der Waals surface area contributed by atoms with Gasteiger partial charge < -0.3 is 20.1 Å². The molecule has 122 valence electrons. The van der Waals surface area contributed by atoms with Crippen LogP contribution in [-0.2, 0) is 18.4 Å². The summed E-state index contributed by atoms with van der Waals surface area (Å²) in [6.45, 7) is 0.756. The summed E-state index contributed by atoms with van der Waals surface area (Å²) in [5, 5.41) is 31.9. The van der Waals surface area contributed by atoms with Gasteiger partial charge in [0, 0.05) is 17.2 Å². The molecule has 1 aromatic rings. The molecule has 5 heteroatoms. The molecular weight excluding hydrogens is 294 g/mol. The van der Waals surface area contributed by atoms with E-state index in [9.17, 15) is 15.3 Å². The molecule has 2 aliphatic carbocycles. The Hall–Kier alpha value is -1.40. The van der Waals surface area contributed by atoms with Crippen LogP contribution < -0.4 is 4.74 Å². The van der Waals surface area contributed by atoms with Crippen molar-refractivity contribution in [2.45, 2.75) is 48.7 Å². The Morgan fingerprint density at radius 3 is 3.00 bits per heavy atom. The quantitative estimate of drug-likeness (QED) is 0.641. The van der Waals surface area contributed by atoms with E-state index in [-0.39, 0.29) is 12.6 Å². The minimum absolute atomic E-state index is 0.0236. The van der Waals surface area contributed by atoms with E-state index in [4.69, 9.17) is 4.74 Å². The number of benzene rings is 1. The number of piperidine rings is 1. The van der Waals surface area contributed by atoms with Crippen molar-refractivity contribution >= 4 is 0 Å². The van der Waals surface area contributed by atoms with Crippen LogP contribution >= 0.6 is 0 Å². The maximum atomic E-state index is 11.7. The molecule has 23 heavy (non-hydrogen) atoms. The average Bonchev–Trinajstić information content (AvgIpc) is 2.90. The van der Waals surface area contributed by atoms with E-state index >= 15 is 0 Å². The number of likely N-dealkylation sites (tertiary alicyclic amines) is 1. The number of rotatable bonds is 1. The first kappa shape index (κ1) is 14.0. The Morgan fingerprint density at radius 2 is 2.22 bits per heavy atom. The Bertz CT molecular complexity index is 732. The van der Waals surface area contributed by atoms with Gasteiger partial charge in [-0.2, -0.15) is 0 Å².